The zero-order chi connectivity index (χ0) is 14.8. The highest BCUT2D eigenvalue weighted by Crippen LogP contribution is 2.36. The van der Waals surface area contributed by atoms with E-state index in [1.54, 1.807) is 0 Å². The summed E-state index contributed by atoms with van der Waals surface area (Å²) in [5.74, 6) is 1.54. The number of rotatable bonds is 1. The van der Waals surface area contributed by atoms with E-state index in [2.05, 4.69) is 5.32 Å². The highest BCUT2D eigenvalue weighted by Gasteiger charge is 2.32. The number of urea groups is 1. The van der Waals surface area contributed by atoms with Gasteiger partial charge in [-0.25, -0.2) is 4.79 Å². The number of aryl methyl sites for hydroxylation is 1. The summed E-state index contributed by atoms with van der Waals surface area (Å²) in [4.78, 5) is 14.4. The van der Waals surface area contributed by atoms with Crippen molar-refractivity contribution in [1.29, 1.82) is 0 Å². The quantitative estimate of drug-likeness (QED) is 0.802. The summed E-state index contributed by atoms with van der Waals surface area (Å²) in [6.45, 7) is 3.77. The lowest BCUT2D eigenvalue weighted by molar-refractivity contribution is 0.108. The normalized spacial score (nSPS) is 25.3. The molecule has 1 aromatic carbocycles. The molecular formula is C17H23ClN2O. The van der Waals surface area contributed by atoms with Gasteiger partial charge in [-0.15, -0.1) is 0 Å². The summed E-state index contributed by atoms with van der Waals surface area (Å²) < 4.78 is 0. The molecule has 4 heteroatoms. The van der Waals surface area contributed by atoms with Gasteiger partial charge in [-0.05, 0) is 49.3 Å². The molecule has 0 aromatic heterocycles. The van der Waals surface area contributed by atoms with Gasteiger partial charge >= 0.3 is 6.03 Å². The number of anilines is 1. The van der Waals surface area contributed by atoms with Crippen molar-refractivity contribution in [3.8, 4) is 0 Å². The number of nitrogens with zero attached hydrogens (tertiary/aromatic N) is 1. The molecular weight excluding hydrogens is 284 g/mol. The van der Waals surface area contributed by atoms with Crippen LogP contribution in [0.2, 0.25) is 5.02 Å². The van der Waals surface area contributed by atoms with Crippen molar-refractivity contribution in [3.05, 3.63) is 28.8 Å². The first-order chi connectivity index (χ1) is 10.1. The Hall–Kier alpha value is -1.22. The monoisotopic (exact) mass is 306 g/mol. The van der Waals surface area contributed by atoms with E-state index in [-0.39, 0.29) is 6.03 Å². The van der Waals surface area contributed by atoms with E-state index in [4.69, 9.17) is 11.6 Å². The number of halogens is 1. The Bertz CT molecular complexity index is 532. The fraction of sp³-hybridized carbons (Fsp3) is 0.588. The summed E-state index contributed by atoms with van der Waals surface area (Å²) >= 11 is 6.19. The topological polar surface area (TPSA) is 32.3 Å². The maximum atomic E-state index is 12.4. The molecule has 1 saturated heterocycles. The van der Waals surface area contributed by atoms with Crippen molar-refractivity contribution in [2.75, 3.05) is 18.4 Å². The van der Waals surface area contributed by atoms with Gasteiger partial charge in [0.05, 0.1) is 10.7 Å². The minimum Gasteiger partial charge on any atom is -0.324 e. The van der Waals surface area contributed by atoms with Crippen LogP contribution in [0.1, 0.15) is 37.7 Å². The third kappa shape index (κ3) is 3.34. The number of piperidine rings is 1. The van der Waals surface area contributed by atoms with Crippen LogP contribution in [0, 0.1) is 18.8 Å². The molecule has 1 aliphatic carbocycles. The predicted molar refractivity (Wildman–Crippen MR) is 86.8 cm³/mol. The van der Waals surface area contributed by atoms with Gasteiger partial charge < -0.3 is 10.2 Å². The fourth-order valence-electron chi connectivity index (χ4n) is 3.70. The lowest BCUT2D eigenvalue weighted by Crippen LogP contribution is -2.46. The van der Waals surface area contributed by atoms with Crippen LogP contribution in [0.4, 0.5) is 10.5 Å². The zero-order valence-electron chi connectivity index (χ0n) is 12.6. The van der Waals surface area contributed by atoms with E-state index in [0.717, 1.165) is 31.0 Å². The lowest BCUT2D eigenvalue weighted by Gasteiger charge is -2.41. The van der Waals surface area contributed by atoms with Gasteiger partial charge in [0.25, 0.3) is 0 Å². The average Bonchev–Trinajstić information content (AvgIpc) is 2.49. The molecule has 3 rings (SSSR count). The van der Waals surface area contributed by atoms with Crippen molar-refractivity contribution >= 4 is 23.3 Å². The Kier molecular flexibility index (Phi) is 4.39. The first kappa shape index (κ1) is 14.7. The third-order valence-electron chi connectivity index (χ3n) is 4.94. The summed E-state index contributed by atoms with van der Waals surface area (Å²) in [6.07, 6.45) is 6.47. The molecule has 21 heavy (non-hydrogen) atoms. The van der Waals surface area contributed by atoms with Crippen LogP contribution in [0.5, 0.6) is 0 Å². The van der Waals surface area contributed by atoms with E-state index in [1.165, 1.54) is 25.7 Å². The van der Waals surface area contributed by atoms with E-state index in [9.17, 15) is 4.79 Å². The number of hydrogen-bond acceptors (Lipinski definition) is 1. The molecule has 0 unspecified atom stereocenters. The molecule has 0 bridgehead atoms. The van der Waals surface area contributed by atoms with Gasteiger partial charge in [0, 0.05) is 13.1 Å². The van der Waals surface area contributed by atoms with Gasteiger partial charge in [0.1, 0.15) is 0 Å². The molecule has 3 nitrogen and oxygen atoms in total. The number of amides is 2. The van der Waals surface area contributed by atoms with E-state index < -0.39 is 0 Å². The number of carbonyl (C=O) groups is 1. The van der Waals surface area contributed by atoms with Gasteiger partial charge in [-0.2, -0.15) is 0 Å². The van der Waals surface area contributed by atoms with Crippen LogP contribution in [-0.4, -0.2) is 24.0 Å². The van der Waals surface area contributed by atoms with Crippen molar-refractivity contribution in [2.45, 2.75) is 39.0 Å². The Morgan fingerprint density at radius 1 is 1.24 bits per heavy atom. The number of fused-ring (bicyclic) bond motifs is 1. The molecule has 1 N–H and O–H groups in total. The SMILES string of the molecule is Cc1ccc(NC(=O)N2CC[C@@H]3CCCC[C@H]3C2)c(Cl)c1. The van der Waals surface area contributed by atoms with Crippen molar-refractivity contribution in [2.24, 2.45) is 11.8 Å². The largest absolute Gasteiger partial charge is 0.324 e. The lowest BCUT2D eigenvalue weighted by atomic mass is 9.75. The molecule has 1 aromatic rings. The van der Waals surface area contributed by atoms with Crippen LogP contribution < -0.4 is 5.32 Å². The highest BCUT2D eigenvalue weighted by atomic mass is 35.5. The summed E-state index contributed by atoms with van der Waals surface area (Å²) in [6, 6.07) is 5.72. The standard InChI is InChI=1S/C17H23ClN2O/c1-12-6-7-16(15(18)10-12)19-17(21)20-9-8-13-4-2-3-5-14(13)11-20/h6-7,10,13-14H,2-5,8-9,11H2,1H3,(H,19,21)/t13-,14-/m0/s1. The van der Waals surface area contributed by atoms with Gasteiger partial charge in [-0.3, -0.25) is 0 Å². The van der Waals surface area contributed by atoms with Crippen LogP contribution in [0.15, 0.2) is 18.2 Å². The fourth-order valence-corrected chi connectivity index (χ4v) is 3.98. The Labute approximate surface area is 131 Å². The minimum absolute atomic E-state index is 0.00947. The van der Waals surface area contributed by atoms with E-state index in [0.29, 0.717) is 16.6 Å². The first-order valence-electron chi connectivity index (χ1n) is 7.95. The molecule has 2 aliphatic rings. The Balaban J connectivity index is 1.63. The van der Waals surface area contributed by atoms with Crippen LogP contribution in [0.25, 0.3) is 0 Å². The zero-order valence-corrected chi connectivity index (χ0v) is 13.3. The Morgan fingerprint density at radius 3 is 2.76 bits per heavy atom. The highest BCUT2D eigenvalue weighted by molar-refractivity contribution is 6.33. The molecule has 1 saturated carbocycles. The van der Waals surface area contributed by atoms with Crippen LogP contribution in [0.3, 0.4) is 0 Å². The molecule has 2 amide bonds. The third-order valence-corrected chi connectivity index (χ3v) is 5.26. The van der Waals surface area contributed by atoms with Gasteiger partial charge in [0.15, 0.2) is 0 Å². The summed E-state index contributed by atoms with van der Waals surface area (Å²) in [7, 11) is 0. The van der Waals surface area contributed by atoms with Crippen molar-refractivity contribution < 1.29 is 4.79 Å². The first-order valence-corrected chi connectivity index (χ1v) is 8.33. The Morgan fingerprint density at radius 2 is 2.00 bits per heavy atom. The maximum absolute atomic E-state index is 12.4. The van der Waals surface area contributed by atoms with Gasteiger partial charge in [-0.1, -0.05) is 36.9 Å². The minimum atomic E-state index is -0.00947. The second kappa shape index (κ2) is 6.27. The average molecular weight is 307 g/mol. The molecule has 1 heterocycles. The maximum Gasteiger partial charge on any atom is 0.321 e. The summed E-state index contributed by atoms with van der Waals surface area (Å²) in [5, 5.41) is 3.57. The number of benzene rings is 1. The van der Waals surface area contributed by atoms with Crippen molar-refractivity contribution in [1.82, 2.24) is 4.90 Å². The van der Waals surface area contributed by atoms with Crippen molar-refractivity contribution in [3.63, 3.8) is 0 Å². The van der Waals surface area contributed by atoms with E-state index >= 15 is 0 Å². The molecule has 0 radical (unpaired) electrons. The smallest absolute Gasteiger partial charge is 0.321 e. The molecule has 2 fully saturated rings. The number of likely N-dealkylation sites (tertiary alicyclic amines) is 1. The molecule has 2 atom stereocenters. The predicted octanol–water partition coefficient (Wildman–Crippen LogP) is 4.69. The number of hydrogen-bond donors (Lipinski definition) is 1. The van der Waals surface area contributed by atoms with Gasteiger partial charge in [0.2, 0.25) is 0 Å². The number of carbonyl (C=O) groups excluding carboxylic acids is 1. The van der Waals surface area contributed by atoms with Crippen LogP contribution >= 0.6 is 11.6 Å². The second-order valence-corrected chi connectivity index (χ2v) is 6.86. The van der Waals surface area contributed by atoms with Crippen LogP contribution in [-0.2, 0) is 0 Å². The molecule has 0 spiro atoms. The number of nitrogens with one attached hydrogen (secondary N) is 1. The molecule has 1 aliphatic heterocycles. The molecule has 114 valence electrons. The second-order valence-electron chi connectivity index (χ2n) is 6.45. The summed E-state index contributed by atoms with van der Waals surface area (Å²) in [5.41, 5.74) is 1.80. The van der Waals surface area contributed by atoms with E-state index in [1.807, 2.05) is 30.0 Å².